The zero-order chi connectivity index (χ0) is 15.9. The second-order valence-corrected chi connectivity index (χ2v) is 16.0. The highest BCUT2D eigenvalue weighted by molar-refractivity contribution is 6.64. The van der Waals surface area contributed by atoms with Gasteiger partial charge in [0.1, 0.15) is 0 Å². The lowest BCUT2D eigenvalue weighted by molar-refractivity contribution is 0.122. The molecule has 0 aliphatic carbocycles. The van der Waals surface area contributed by atoms with Crippen LogP contribution in [-0.4, -0.2) is 45.3 Å². The summed E-state index contributed by atoms with van der Waals surface area (Å²) >= 11 is 0. The second-order valence-electron chi connectivity index (χ2n) is 6.56. The van der Waals surface area contributed by atoms with E-state index in [1.165, 1.54) is 0 Å². The predicted molar refractivity (Wildman–Crippen MR) is 96.1 cm³/mol. The summed E-state index contributed by atoms with van der Waals surface area (Å²) in [6.45, 7) is 18.1. The fraction of sp³-hybridized carbons (Fsp3) is 1.00. The van der Waals surface area contributed by atoms with Crippen molar-refractivity contribution in [3.63, 3.8) is 0 Å². The minimum absolute atomic E-state index is 0.282. The van der Waals surface area contributed by atoms with Crippen molar-refractivity contribution in [2.24, 2.45) is 0 Å². The molecular formula is C14H36O3Si3. The molecule has 0 aromatic carbocycles. The van der Waals surface area contributed by atoms with Gasteiger partial charge in [0.15, 0.2) is 9.04 Å². The highest BCUT2D eigenvalue weighted by Crippen LogP contribution is 2.26. The Balaban J connectivity index is 4.62. The number of hydrogen-bond donors (Lipinski definition) is 0. The fourth-order valence-electron chi connectivity index (χ4n) is 2.40. The van der Waals surface area contributed by atoms with Gasteiger partial charge in [-0.2, -0.15) is 0 Å². The van der Waals surface area contributed by atoms with Gasteiger partial charge in [0.2, 0.25) is 0 Å². The number of hydrogen-bond acceptors (Lipinski definition) is 3. The summed E-state index contributed by atoms with van der Waals surface area (Å²) < 4.78 is 18.3. The molecule has 0 aliphatic heterocycles. The third-order valence-corrected chi connectivity index (χ3v) is 11.2. The van der Waals surface area contributed by atoms with Crippen molar-refractivity contribution in [1.29, 1.82) is 0 Å². The van der Waals surface area contributed by atoms with E-state index in [4.69, 9.17) is 13.3 Å². The van der Waals surface area contributed by atoms with Crippen molar-refractivity contribution in [1.82, 2.24) is 0 Å². The van der Waals surface area contributed by atoms with Crippen LogP contribution in [0.5, 0.6) is 0 Å². The molecule has 0 saturated carbocycles. The summed E-state index contributed by atoms with van der Waals surface area (Å²) in [5.41, 5.74) is 1.06. The average molecular weight is 337 g/mol. The third kappa shape index (κ3) is 7.00. The Morgan fingerprint density at radius 3 is 1.95 bits per heavy atom. The van der Waals surface area contributed by atoms with Crippen LogP contribution >= 0.6 is 0 Å². The normalized spacial score (nSPS) is 18.9. The summed E-state index contributed by atoms with van der Waals surface area (Å²) in [5, 5.41) is 0. The van der Waals surface area contributed by atoms with Crippen LogP contribution in [0.3, 0.4) is 0 Å². The van der Waals surface area contributed by atoms with Crippen LogP contribution in [0.1, 0.15) is 33.6 Å². The molecular weight excluding hydrogens is 300 g/mol. The molecule has 20 heavy (non-hydrogen) atoms. The van der Waals surface area contributed by atoms with E-state index in [1.807, 2.05) is 0 Å². The summed E-state index contributed by atoms with van der Waals surface area (Å²) in [7, 11) is -2.15. The molecule has 0 aliphatic rings. The molecule has 0 bridgehead atoms. The van der Waals surface area contributed by atoms with Crippen molar-refractivity contribution in [2.75, 3.05) is 7.11 Å². The van der Waals surface area contributed by atoms with Crippen molar-refractivity contribution < 1.29 is 13.3 Å². The minimum Gasteiger partial charge on any atom is -0.420 e. The van der Waals surface area contributed by atoms with Crippen LogP contribution < -0.4 is 0 Å². The Labute approximate surface area is 131 Å². The highest BCUT2D eigenvalue weighted by Gasteiger charge is 2.33. The van der Waals surface area contributed by atoms with E-state index in [1.54, 1.807) is 7.11 Å². The molecule has 6 heteroatoms. The first kappa shape index (κ1) is 20.5. The van der Waals surface area contributed by atoms with Gasteiger partial charge in [-0.25, -0.2) is 0 Å². The zero-order valence-electron chi connectivity index (χ0n) is 15.0. The first-order valence-electron chi connectivity index (χ1n) is 8.06. The highest BCUT2D eigenvalue weighted by atomic mass is 28.4. The van der Waals surface area contributed by atoms with E-state index in [0.717, 1.165) is 12.8 Å². The van der Waals surface area contributed by atoms with Crippen molar-refractivity contribution in [2.45, 2.75) is 83.7 Å². The molecule has 0 radical (unpaired) electrons. The molecule has 0 aromatic heterocycles. The minimum atomic E-state index is -1.96. The maximum absolute atomic E-state index is 6.45. The molecule has 4 atom stereocenters. The molecule has 0 fully saturated rings. The quantitative estimate of drug-likeness (QED) is 0.569. The monoisotopic (exact) mass is 336 g/mol. The summed E-state index contributed by atoms with van der Waals surface area (Å²) in [6.07, 6.45) is 2.48. The third-order valence-electron chi connectivity index (χ3n) is 4.19. The van der Waals surface area contributed by atoms with Crippen LogP contribution in [-0.2, 0) is 13.3 Å². The Kier molecular flexibility index (Phi) is 9.78. The Morgan fingerprint density at radius 1 is 1.05 bits per heavy atom. The predicted octanol–water partition coefficient (Wildman–Crippen LogP) is 3.69. The van der Waals surface area contributed by atoms with Gasteiger partial charge in [0.05, 0.1) is 8.80 Å². The van der Waals surface area contributed by atoms with Gasteiger partial charge in [-0.1, -0.05) is 33.9 Å². The molecule has 0 spiro atoms. The summed E-state index contributed by atoms with van der Waals surface area (Å²) in [6, 6.07) is 0. The molecule has 0 N–H and O–H groups in total. The maximum atomic E-state index is 6.45. The van der Waals surface area contributed by atoms with Gasteiger partial charge in [-0.15, -0.1) is 0 Å². The van der Waals surface area contributed by atoms with Crippen molar-refractivity contribution in [3.05, 3.63) is 0 Å². The standard InChI is InChI=1S/C14H36O3Si3/c1-10-13(17-20(8,9)15-4)12(3)19(7)16-14(11-2)18(5)6/h12-14,18-19H,10-11H2,1-9H3. The first-order valence-corrected chi connectivity index (χ1v) is 16.1. The van der Waals surface area contributed by atoms with E-state index in [0.29, 0.717) is 11.3 Å². The van der Waals surface area contributed by atoms with Gasteiger partial charge >= 0.3 is 8.56 Å². The molecule has 0 aromatic rings. The Morgan fingerprint density at radius 2 is 1.60 bits per heavy atom. The average Bonchev–Trinajstić information content (AvgIpc) is 2.40. The van der Waals surface area contributed by atoms with Crippen molar-refractivity contribution in [3.8, 4) is 0 Å². The molecule has 0 heterocycles. The van der Waals surface area contributed by atoms with E-state index in [2.05, 4.69) is 53.5 Å². The lowest BCUT2D eigenvalue weighted by Gasteiger charge is -2.35. The van der Waals surface area contributed by atoms with E-state index < -0.39 is 26.4 Å². The molecule has 0 saturated heterocycles. The van der Waals surface area contributed by atoms with Crippen LogP contribution in [0.25, 0.3) is 0 Å². The summed E-state index contributed by atoms with van der Waals surface area (Å²) in [4.78, 5) is 0. The van der Waals surface area contributed by atoms with Gasteiger partial charge in [-0.05, 0) is 38.0 Å². The van der Waals surface area contributed by atoms with Crippen molar-refractivity contribution >= 4 is 26.4 Å². The number of rotatable bonds is 10. The van der Waals surface area contributed by atoms with Gasteiger partial charge < -0.3 is 13.3 Å². The Bertz CT molecular complexity index is 262. The summed E-state index contributed by atoms with van der Waals surface area (Å²) in [5.74, 6) is 0. The van der Waals surface area contributed by atoms with E-state index in [9.17, 15) is 0 Å². The molecule has 0 rings (SSSR count). The largest absolute Gasteiger partial charge is 0.420 e. The van der Waals surface area contributed by atoms with Crippen LogP contribution in [0.2, 0.25) is 38.3 Å². The van der Waals surface area contributed by atoms with Gasteiger partial charge in [-0.3, -0.25) is 0 Å². The lowest BCUT2D eigenvalue weighted by atomic mass is 10.2. The van der Waals surface area contributed by atoms with Crippen LogP contribution in [0.4, 0.5) is 0 Å². The molecule has 0 amide bonds. The second kappa shape index (κ2) is 9.53. The molecule has 4 unspecified atom stereocenters. The van der Waals surface area contributed by atoms with E-state index in [-0.39, 0.29) is 6.10 Å². The maximum Gasteiger partial charge on any atom is 0.331 e. The topological polar surface area (TPSA) is 27.7 Å². The zero-order valence-corrected chi connectivity index (χ0v) is 18.3. The lowest BCUT2D eigenvalue weighted by Crippen LogP contribution is -2.43. The van der Waals surface area contributed by atoms with Gasteiger partial charge in [0, 0.05) is 18.9 Å². The smallest absolute Gasteiger partial charge is 0.331 e. The SMILES string of the molecule is CCC(O[Si](C)(C)OC)C(C)[SiH](C)OC(CC)[SiH](C)C. The molecule has 3 nitrogen and oxygen atoms in total. The first-order chi connectivity index (χ1) is 9.18. The van der Waals surface area contributed by atoms with Crippen LogP contribution in [0.15, 0.2) is 0 Å². The van der Waals surface area contributed by atoms with Gasteiger partial charge in [0.25, 0.3) is 0 Å². The molecule has 122 valence electrons. The van der Waals surface area contributed by atoms with Crippen LogP contribution in [0, 0.1) is 0 Å². The Hall–Kier alpha value is 0.531. The van der Waals surface area contributed by atoms with E-state index >= 15 is 0 Å². The fourth-order valence-corrected chi connectivity index (χ4v) is 8.66.